The van der Waals surface area contributed by atoms with E-state index in [2.05, 4.69) is 30.4 Å². The predicted molar refractivity (Wildman–Crippen MR) is 61.0 cm³/mol. The van der Waals surface area contributed by atoms with E-state index in [1.807, 2.05) is 6.08 Å². The molecule has 0 nitrogen and oxygen atoms in total. The van der Waals surface area contributed by atoms with Crippen LogP contribution in [0.5, 0.6) is 0 Å². The molecule has 0 amide bonds. The van der Waals surface area contributed by atoms with Crippen molar-refractivity contribution in [3.05, 3.63) is 36.5 Å². The number of rotatable bonds is 0. The first-order valence-electron chi connectivity index (χ1n) is 4.88. The molecule has 2 heteroatoms. The molecule has 0 atom stereocenters. The van der Waals surface area contributed by atoms with Gasteiger partial charge >= 0.3 is 0 Å². The normalized spacial score (nSPS) is 17.1. The van der Waals surface area contributed by atoms with Crippen LogP contribution in [0.25, 0.3) is 0 Å². The molecule has 0 N–H and O–H groups in total. The largest absolute Gasteiger partial charge is 0.275 e. The minimum Gasteiger partial charge on any atom is -0.275 e. The predicted octanol–water partition coefficient (Wildman–Crippen LogP) is 4.23. The summed E-state index contributed by atoms with van der Waals surface area (Å²) in [7, 11) is 0. The number of hydrogen-bond donors (Lipinski definition) is 0. The van der Waals surface area contributed by atoms with Crippen LogP contribution in [0.3, 0.4) is 0 Å². The maximum atomic E-state index is 3.26. The fourth-order valence-corrected chi connectivity index (χ4v) is 1.29. The van der Waals surface area contributed by atoms with E-state index in [-0.39, 0.29) is 28.9 Å². The zero-order valence-corrected chi connectivity index (χ0v) is 10.2. The summed E-state index contributed by atoms with van der Waals surface area (Å²) < 4.78 is 0. The number of halogens is 1. The summed E-state index contributed by atoms with van der Waals surface area (Å²) >= 11 is 0. The Labute approximate surface area is 104 Å². The summed E-state index contributed by atoms with van der Waals surface area (Å²) in [6, 6.07) is 0. The SMILES string of the molecule is Cl.[C-]1=CC=CC=CCCCCCC1.[Ni]. The molecular weight excluding hydrogens is 238 g/mol. The Bertz CT molecular complexity index is 163. The molecule has 84 valence electrons. The van der Waals surface area contributed by atoms with E-state index in [9.17, 15) is 0 Å². The van der Waals surface area contributed by atoms with Gasteiger partial charge in [0, 0.05) is 16.5 Å². The summed E-state index contributed by atoms with van der Waals surface area (Å²) in [5, 5.41) is 0. The van der Waals surface area contributed by atoms with Crippen LogP contribution < -0.4 is 0 Å². The van der Waals surface area contributed by atoms with Crippen molar-refractivity contribution in [1.29, 1.82) is 0 Å². The average molecular weight is 256 g/mol. The second kappa shape index (κ2) is 13.0. The molecule has 14 heavy (non-hydrogen) atoms. The molecule has 0 aliphatic heterocycles. The van der Waals surface area contributed by atoms with Crippen molar-refractivity contribution in [2.45, 2.75) is 38.5 Å². The van der Waals surface area contributed by atoms with Crippen molar-refractivity contribution >= 4 is 12.4 Å². The summed E-state index contributed by atoms with van der Waals surface area (Å²) in [4.78, 5) is 0. The quantitative estimate of drug-likeness (QED) is 0.449. The van der Waals surface area contributed by atoms with Gasteiger partial charge in [-0.3, -0.25) is 6.08 Å². The maximum Gasteiger partial charge on any atom is 0 e. The van der Waals surface area contributed by atoms with Crippen LogP contribution in [0.15, 0.2) is 30.4 Å². The number of allylic oxidation sites excluding steroid dienone is 6. The van der Waals surface area contributed by atoms with Crippen LogP contribution in [-0.4, -0.2) is 0 Å². The van der Waals surface area contributed by atoms with Gasteiger partial charge < -0.3 is 0 Å². The Kier molecular flexibility index (Phi) is 15.3. The molecule has 0 spiro atoms. The van der Waals surface area contributed by atoms with E-state index >= 15 is 0 Å². The molecule has 1 rings (SSSR count). The fourth-order valence-electron chi connectivity index (χ4n) is 1.29. The zero-order valence-electron chi connectivity index (χ0n) is 8.35. The molecule has 0 unspecified atom stereocenters. The van der Waals surface area contributed by atoms with Crippen LogP contribution in [0, 0.1) is 6.08 Å². The van der Waals surface area contributed by atoms with Gasteiger partial charge in [0.25, 0.3) is 0 Å². The minimum atomic E-state index is 0. The van der Waals surface area contributed by atoms with E-state index in [0.717, 1.165) is 6.42 Å². The standard InChI is InChI=1S/C12H17.ClH.Ni/c1-2-4-6-8-10-12-11-9-7-5-3-1;;/h1-5H,6,8-12H2;1H;/q-1;;. The first kappa shape index (κ1) is 16.4. The van der Waals surface area contributed by atoms with E-state index in [1.165, 1.54) is 32.1 Å². The Hall–Kier alpha value is 0.00351. The summed E-state index contributed by atoms with van der Waals surface area (Å²) in [6.45, 7) is 0. The van der Waals surface area contributed by atoms with Crippen molar-refractivity contribution in [3.63, 3.8) is 0 Å². The Balaban J connectivity index is 0. The Morgan fingerprint density at radius 1 is 0.857 bits per heavy atom. The molecule has 1 aliphatic rings. The van der Waals surface area contributed by atoms with Gasteiger partial charge in [-0.15, -0.1) is 24.9 Å². The van der Waals surface area contributed by atoms with Crippen LogP contribution in [0.4, 0.5) is 0 Å². The molecule has 0 saturated carbocycles. The van der Waals surface area contributed by atoms with Crippen LogP contribution in [0.1, 0.15) is 38.5 Å². The third kappa shape index (κ3) is 10.1. The molecule has 0 saturated heterocycles. The van der Waals surface area contributed by atoms with Crippen molar-refractivity contribution in [2.75, 3.05) is 0 Å². The van der Waals surface area contributed by atoms with E-state index in [1.54, 1.807) is 0 Å². The summed E-state index contributed by atoms with van der Waals surface area (Å²) in [5.41, 5.74) is 0. The third-order valence-electron chi connectivity index (χ3n) is 2.01. The van der Waals surface area contributed by atoms with Crippen LogP contribution >= 0.6 is 12.4 Å². The molecule has 0 fully saturated rings. The van der Waals surface area contributed by atoms with Crippen molar-refractivity contribution in [2.24, 2.45) is 0 Å². The van der Waals surface area contributed by atoms with Gasteiger partial charge in [0.15, 0.2) is 0 Å². The smallest absolute Gasteiger partial charge is 0 e. The van der Waals surface area contributed by atoms with Crippen molar-refractivity contribution in [3.8, 4) is 0 Å². The van der Waals surface area contributed by atoms with Gasteiger partial charge in [-0.05, 0) is 12.8 Å². The number of hydrogen-bond acceptors (Lipinski definition) is 0. The molecular formula is C12H18ClNi-. The first-order chi connectivity index (χ1) is 6.00. The van der Waals surface area contributed by atoms with Gasteiger partial charge in [-0.2, -0.15) is 0 Å². The van der Waals surface area contributed by atoms with E-state index in [4.69, 9.17) is 0 Å². The monoisotopic (exact) mass is 255 g/mol. The second-order valence-electron chi connectivity index (χ2n) is 3.14. The second-order valence-corrected chi connectivity index (χ2v) is 3.14. The van der Waals surface area contributed by atoms with E-state index in [0.29, 0.717) is 0 Å². The molecule has 0 aromatic carbocycles. The van der Waals surface area contributed by atoms with Gasteiger partial charge in [-0.25, -0.2) is 12.2 Å². The van der Waals surface area contributed by atoms with Gasteiger partial charge in [-0.1, -0.05) is 31.4 Å². The average Bonchev–Trinajstić information content (AvgIpc) is 2.05. The van der Waals surface area contributed by atoms with Gasteiger partial charge in [0.2, 0.25) is 0 Å². The van der Waals surface area contributed by atoms with Gasteiger partial charge in [0.05, 0.1) is 0 Å². The summed E-state index contributed by atoms with van der Waals surface area (Å²) in [6.07, 6.45) is 21.5. The molecule has 0 aromatic rings. The third-order valence-corrected chi connectivity index (χ3v) is 2.01. The van der Waals surface area contributed by atoms with Crippen LogP contribution in [-0.2, 0) is 16.5 Å². The summed E-state index contributed by atoms with van der Waals surface area (Å²) in [5.74, 6) is 0. The minimum absolute atomic E-state index is 0. The maximum absolute atomic E-state index is 3.26. The van der Waals surface area contributed by atoms with Crippen molar-refractivity contribution < 1.29 is 16.5 Å². The van der Waals surface area contributed by atoms with Gasteiger partial charge in [0.1, 0.15) is 0 Å². The molecule has 1 aliphatic carbocycles. The van der Waals surface area contributed by atoms with Crippen molar-refractivity contribution in [1.82, 2.24) is 0 Å². The molecule has 0 radical (unpaired) electrons. The zero-order chi connectivity index (χ0) is 8.49. The fraction of sp³-hybridized carbons (Fsp3) is 0.500. The Morgan fingerprint density at radius 3 is 2.50 bits per heavy atom. The molecule has 0 aromatic heterocycles. The van der Waals surface area contributed by atoms with Crippen LogP contribution in [0.2, 0.25) is 0 Å². The van der Waals surface area contributed by atoms with E-state index < -0.39 is 0 Å². The Morgan fingerprint density at radius 2 is 1.64 bits per heavy atom. The topological polar surface area (TPSA) is 0 Å². The molecule has 0 bridgehead atoms. The molecule has 0 heterocycles. The first-order valence-corrected chi connectivity index (χ1v) is 4.88.